The molecule has 2 rings (SSSR count). The van der Waals surface area contributed by atoms with E-state index in [0.717, 1.165) is 31.2 Å². The summed E-state index contributed by atoms with van der Waals surface area (Å²) in [5.41, 5.74) is 1.24. The Kier molecular flexibility index (Phi) is 4.43. The van der Waals surface area contributed by atoms with Gasteiger partial charge in [0.1, 0.15) is 5.75 Å². The molecule has 0 aromatic heterocycles. The predicted octanol–water partition coefficient (Wildman–Crippen LogP) is 2.08. The number of nitrogens with zero attached hydrogens (tertiary/aromatic N) is 1. The van der Waals surface area contributed by atoms with E-state index in [4.69, 9.17) is 5.11 Å². The van der Waals surface area contributed by atoms with E-state index in [1.54, 1.807) is 24.0 Å². The Balaban J connectivity index is 2.20. The number of aromatic hydroxyl groups is 1. The predicted molar refractivity (Wildman–Crippen MR) is 73.2 cm³/mol. The molecule has 0 saturated heterocycles. The zero-order valence-corrected chi connectivity index (χ0v) is 11.3. The van der Waals surface area contributed by atoms with Gasteiger partial charge in [0.2, 0.25) is 0 Å². The zero-order chi connectivity index (χ0) is 13.8. The number of hydrogen-bond acceptors (Lipinski definition) is 3. The van der Waals surface area contributed by atoms with Crippen LogP contribution in [0.15, 0.2) is 18.2 Å². The van der Waals surface area contributed by atoms with E-state index in [2.05, 4.69) is 0 Å². The first-order valence-electron chi connectivity index (χ1n) is 6.85. The molecular formula is C15H21NO3. The third kappa shape index (κ3) is 3.07. The van der Waals surface area contributed by atoms with E-state index < -0.39 is 0 Å². The van der Waals surface area contributed by atoms with Crippen molar-refractivity contribution in [2.75, 3.05) is 13.2 Å². The largest absolute Gasteiger partial charge is 0.508 e. The molecule has 0 atom stereocenters. The minimum Gasteiger partial charge on any atom is -0.508 e. The van der Waals surface area contributed by atoms with Crippen molar-refractivity contribution < 1.29 is 15.0 Å². The summed E-state index contributed by atoms with van der Waals surface area (Å²) in [6.07, 6.45) is 4.28. The second-order valence-electron chi connectivity index (χ2n) is 5.16. The smallest absolute Gasteiger partial charge is 0.254 e. The summed E-state index contributed by atoms with van der Waals surface area (Å²) in [5.74, 6) is 0.0393. The second kappa shape index (κ2) is 6.06. The maximum Gasteiger partial charge on any atom is 0.254 e. The number of aliphatic hydroxyl groups is 1. The van der Waals surface area contributed by atoms with Crippen molar-refractivity contribution >= 4 is 5.91 Å². The number of amides is 1. The van der Waals surface area contributed by atoms with Gasteiger partial charge < -0.3 is 15.1 Å². The highest BCUT2D eigenvalue weighted by Gasteiger charge is 2.27. The van der Waals surface area contributed by atoms with Crippen LogP contribution in [0.5, 0.6) is 5.75 Å². The van der Waals surface area contributed by atoms with E-state index >= 15 is 0 Å². The normalized spacial score (nSPS) is 15.7. The van der Waals surface area contributed by atoms with Crippen molar-refractivity contribution in [3.8, 4) is 5.75 Å². The molecule has 1 aromatic carbocycles. The van der Waals surface area contributed by atoms with Crippen molar-refractivity contribution in [1.29, 1.82) is 0 Å². The molecule has 1 amide bonds. The van der Waals surface area contributed by atoms with Crippen molar-refractivity contribution in [2.45, 2.75) is 38.6 Å². The Morgan fingerprint density at radius 2 is 2.05 bits per heavy atom. The van der Waals surface area contributed by atoms with Crippen LogP contribution in [0, 0.1) is 6.92 Å². The molecule has 1 aromatic rings. The van der Waals surface area contributed by atoms with E-state index in [0.29, 0.717) is 12.1 Å². The topological polar surface area (TPSA) is 60.8 Å². The van der Waals surface area contributed by atoms with Crippen LogP contribution < -0.4 is 0 Å². The third-order valence-electron chi connectivity index (χ3n) is 3.82. The lowest BCUT2D eigenvalue weighted by Crippen LogP contribution is -2.40. The summed E-state index contributed by atoms with van der Waals surface area (Å²) in [6.45, 7) is 2.13. The number of carbonyl (C=O) groups is 1. The molecule has 1 aliphatic rings. The van der Waals surface area contributed by atoms with Gasteiger partial charge in [-0.05, 0) is 37.5 Å². The lowest BCUT2D eigenvalue weighted by Gasteiger charge is -2.28. The lowest BCUT2D eigenvalue weighted by atomic mass is 10.1. The van der Waals surface area contributed by atoms with Crippen molar-refractivity contribution in [1.82, 2.24) is 4.90 Å². The standard InChI is InChI=1S/C15H21NO3/c1-11-6-7-12(10-14(11)18)15(19)16(8-9-17)13-4-2-3-5-13/h6-7,10,13,17-18H,2-5,8-9H2,1H3. The average molecular weight is 263 g/mol. The van der Waals surface area contributed by atoms with Crippen LogP contribution in [0.2, 0.25) is 0 Å². The molecule has 0 bridgehead atoms. The van der Waals surface area contributed by atoms with E-state index in [-0.39, 0.29) is 24.3 Å². The third-order valence-corrected chi connectivity index (χ3v) is 3.82. The first kappa shape index (κ1) is 13.9. The van der Waals surface area contributed by atoms with Crippen LogP contribution in [0.25, 0.3) is 0 Å². The monoisotopic (exact) mass is 263 g/mol. The number of phenols is 1. The van der Waals surface area contributed by atoms with Crippen LogP contribution in [-0.4, -0.2) is 40.2 Å². The molecule has 104 valence electrons. The molecule has 1 fully saturated rings. The Hall–Kier alpha value is -1.55. The maximum atomic E-state index is 12.5. The minimum atomic E-state index is -0.101. The highest BCUT2D eigenvalue weighted by molar-refractivity contribution is 5.95. The van der Waals surface area contributed by atoms with Gasteiger partial charge in [0.15, 0.2) is 0 Å². The van der Waals surface area contributed by atoms with Gasteiger partial charge in [-0.1, -0.05) is 18.9 Å². The Morgan fingerprint density at radius 3 is 2.63 bits per heavy atom. The summed E-state index contributed by atoms with van der Waals surface area (Å²) < 4.78 is 0. The number of aliphatic hydroxyl groups excluding tert-OH is 1. The minimum absolute atomic E-state index is 0.0277. The fraction of sp³-hybridized carbons (Fsp3) is 0.533. The van der Waals surface area contributed by atoms with Gasteiger partial charge in [-0.3, -0.25) is 4.79 Å². The highest BCUT2D eigenvalue weighted by Crippen LogP contribution is 2.26. The van der Waals surface area contributed by atoms with E-state index in [9.17, 15) is 9.90 Å². The molecule has 0 unspecified atom stereocenters. The van der Waals surface area contributed by atoms with Crippen LogP contribution in [0.4, 0.5) is 0 Å². The number of benzene rings is 1. The van der Waals surface area contributed by atoms with Crippen molar-refractivity contribution in [2.24, 2.45) is 0 Å². The first-order chi connectivity index (χ1) is 9.13. The van der Waals surface area contributed by atoms with E-state index in [1.165, 1.54) is 6.07 Å². The Labute approximate surface area is 113 Å². The summed E-state index contributed by atoms with van der Waals surface area (Å²) in [4.78, 5) is 14.2. The molecule has 0 heterocycles. The molecule has 1 saturated carbocycles. The summed E-state index contributed by atoms with van der Waals surface area (Å²) in [6, 6.07) is 5.21. The molecule has 0 spiro atoms. The summed E-state index contributed by atoms with van der Waals surface area (Å²) in [7, 11) is 0. The van der Waals surface area contributed by atoms with Gasteiger partial charge in [0.05, 0.1) is 6.61 Å². The van der Waals surface area contributed by atoms with Crippen LogP contribution in [0.3, 0.4) is 0 Å². The van der Waals surface area contributed by atoms with Crippen molar-refractivity contribution in [3.05, 3.63) is 29.3 Å². The quantitative estimate of drug-likeness (QED) is 0.874. The molecule has 2 N–H and O–H groups in total. The molecule has 0 aliphatic heterocycles. The van der Waals surface area contributed by atoms with Crippen molar-refractivity contribution in [3.63, 3.8) is 0 Å². The van der Waals surface area contributed by atoms with Gasteiger partial charge >= 0.3 is 0 Å². The molecule has 1 aliphatic carbocycles. The molecule has 0 radical (unpaired) electrons. The number of hydrogen-bond donors (Lipinski definition) is 2. The van der Waals surface area contributed by atoms with Crippen LogP contribution >= 0.6 is 0 Å². The molecule has 4 nitrogen and oxygen atoms in total. The first-order valence-corrected chi connectivity index (χ1v) is 6.85. The van der Waals surface area contributed by atoms with Gasteiger partial charge in [-0.2, -0.15) is 0 Å². The average Bonchev–Trinajstić information content (AvgIpc) is 2.92. The lowest BCUT2D eigenvalue weighted by molar-refractivity contribution is 0.0637. The van der Waals surface area contributed by atoms with Gasteiger partial charge in [0, 0.05) is 18.2 Å². The Morgan fingerprint density at radius 1 is 1.37 bits per heavy atom. The maximum absolute atomic E-state index is 12.5. The fourth-order valence-electron chi connectivity index (χ4n) is 2.68. The zero-order valence-electron chi connectivity index (χ0n) is 11.3. The molecule has 19 heavy (non-hydrogen) atoms. The number of aryl methyl sites for hydroxylation is 1. The van der Waals surface area contributed by atoms with Gasteiger partial charge in [0.25, 0.3) is 5.91 Å². The van der Waals surface area contributed by atoms with Crippen LogP contribution in [0.1, 0.15) is 41.6 Å². The van der Waals surface area contributed by atoms with Gasteiger partial charge in [-0.25, -0.2) is 0 Å². The molecular weight excluding hydrogens is 242 g/mol. The van der Waals surface area contributed by atoms with E-state index in [1.807, 2.05) is 0 Å². The Bertz CT molecular complexity index is 453. The summed E-state index contributed by atoms with van der Waals surface area (Å²) >= 11 is 0. The second-order valence-corrected chi connectivity index (χ2v) is 5.16. The SMILES string of the molecule is Cc1ccc(C(=O)N(CCO)C2CCCC2)cc1O. The number of phenolic OH excluding ortho intramolecular Hbond substituents is 1. The van der Waals surface area contributed by atoms with Gasteiger partial charge in [-0.15, -0.1) is 0 Å². The van der Waals surface area contributed by atoms with Crippen LogP contribution in [-0.2, 0) is 0 Å². The number of carbonyl (C=O) groups excluding carboxylic acids is 1. The highest BCUT2D eigenvalue weighted by atomic mass is 16.3. The summed E-state index contributed by atoms with van der Waals surface area (Å²) in [5, 5.41) is 18.9. The fourth-order valence-corrected chi connectivity index (χ4v) is 2.68. The molecule has 4 heteroatoms. The number of rotatable bonds is 4.